The molecule has 0 radical (unpaired) electrons. The summed E-state index contributed by atoms with van der Waals surface area (Å²) in [7, 11) is 0. The predicted molar refractivity (Wildman–Crippen MR) is 125 cm³/mol. The zero-order chi connectivity index (χ0) is 22.8. The fourth-order valence-electron chi connectivity index (χ4n) is 4.51. The molecule has 0 saturated heterocycles. The number of rotatable bonds is 8. The average molecular weight is 447 g/mol. The van der Waals surface area contributed by atoms with Crippen LogP contribution in [0.2, 0.25) is 0 Å². The first-order valence-corrected chi connectivity index (χ1v) is 11.8. The Kier molecular flexibility index (Phi) is 5.74. The van der Waals surface area contributed by atoms with Gasteiger partial charge in [0, 0.05) is 12.6 Å². The van der Waals surface area contributed by atoms with Gasteiger partial charge in [-0.15, -0.1) is 0 Å². The third-order valence-corrected chi connectivity index (χ3v) is 6.72. The van der Waals surface area contributed by atoms with Crippen LogP contribution in [-0.2, 0) is 10.3 Å². The number of aromatic nitrogens is 5. The first-order chi connectivity index (χ1) is 16.1. The SMILES string of the molecule is CCCCOc1ccc([C@]2(C)CC(c3ccn(C4CCC4)n3)=C(c3ncn[nH]3)C(=O)N2)cc1. The quantitative estimate of drug-likeness (QED) is 0.504. The smallest absolute Gasteiger partial charge is 0.256 e. The van der Waals surface area contributed by atoms with Crippen LogP contribution >= 0.6 is 0 Å². The van der Waals surface area contributed by atoms with Gasteiger partial charge in [0.25, 0.3) is 5.91 Å². The molecule has 2 aliphatic rings. The molecule has 8 nitrogen and oxygen atoms in total. The number of unbranched alkanes of at least 4 members (excludes halogenated alkanes) is 1. The molecule has 5 rings (SSSR count). The fraction of sp³-hybridized carbons (Fsp3) is 0.440. The molecule has 1 aromatic carbocycles. The Morgan fingerprint density at radius 2 is 2.03 bits per heavy atom. The van der Waals surface area contributed by atoms with Gasteiger partial charge in [0.15, 0.2) is 5.82 Å². The van der Waals surface area contributed by atoms with E-state index >= 15 is 0 Å². The molecule has 2 N–H and O–H groups in total. The number of hydrogen-bond donors (Lipinski definition) is 2. The third kappa shape index (κ3) is 4.17. The van der Waals surface area contributed by atoms with Crippen LogP contribution in [0, 0.1) is 0 Å². The molecular formula is C25H30N6O2. The monoisotopic (exact) mass is 446 g/mol. The van der Waals surface area contributed by atoms with Gasteiger partial charge in [0.2, 0.25) is 0 Å². The van der Waals surface area contributed by atoms with E-state index in [1.807, 2.05) is 41.2 Å². The molecule has 0 unspecified atom stereocenters. The van der Waals surface area contributed by atoms with E-state index in [1.165, 1.54) is 12.7 Å². The number of amides is 1. The largest absolute Gasteiger partial charge is 0.494 e. The highest BCUT2D eigenvalue weighted by molar-refractivity contribution is 6.27. The lowest BCUT2D eigenvalue weighted by Crippen LogP contribution is -2.47. The molecule has 8 heteroatoms. The molecule has 0 spiro atoms. The molecule has 1 fully saturated rings. The second kappa shape index (κ2) is 8.84. The molecular weight excluding hydrogens is 416 g/mol. The van der Waals surface area contributed by atoms with Crippen molar-refractivity contribution in [2.24, 2.45) is 0 Å². The van der Waals surface area contributed by atoms with E-state index in [2.05, 4.69) is 34.3 Å². The van der Waals surface area contributed by atoms with Crippen LogP contribution in [0.25, 0.3) is 11.1 Å². The van der Waals surface area contributed by atoms with E-state index in [0.717, 1.165) is 48.3 Å². The molecule has 1 saturated carbocycles. The van der Waals surface area contributed by atoms with Gasteiger partial charge in [0.1, 0.15) is 12.1 Å². The normalized spacial score (nSPS) is 21.1. The Morgan fingerprint density at radius 1 is 1.21 bits per heavy atom. The van der Waals surface area contributed by atoms with E-state index in [9.17, 15) is 4.79 Å². The third-order valence-electron chi connectivity index (χ3n) is 6.72. The first-order valence-electron chi connectivity index (χ1n) is 11.8. The van der Waals surface area contributed by atoms with Gasteiger partial charge in [-0.2, -0.15) is 10.2 Å². The summed E-state index contributed by atoms with van der Waals surface area (Å²) in [5.74, 6) is 1.12. The van der Waals surface area contributed by atoms with Crippen molar-refractivity contribution < 1.29 is 9.53 Å². The number of H-pyrrole nitrogens is 1. The van der Waals surface area contributed by atoms with Crippen molar-refractivity contribution in [1.29, 1.82) is 0 Å². The van der Waals surface area contributed by atoms with Crippen LogP contribution in [0.15, 0.2) is 42.9 Å². The number of carbonyl (C=O) groups is 1. The van der Waals surface area contributed by atoms with Gasteiger partial charge in [-0.05, 0) is 61.9 Å². The van der Waals surface area contributed by atoms with Crippen LogP contribution in [0.3, 0.4) is 0 Å². The Bertz CT molecular complexity index is 1140. The van der Waals surface area contributed by atoms with Gasteiger partial charge in [-0.1, -0.05) is 25.5 Å². The molecule has 3 heterocycles. The summed E-state index contributed by atoms with van der Waals surface area (Å²) in [6.45, 7) is 4.91. The highest BCUT2D eigenvalue weighted by Gasteiger charge is 2.39. The maximum atomic E-state index is 13.4. The highest BCUT2D eigenvalue weighted by Crippen LogP contribution is 2.41. The summed E-state index contributed by atoms with van der Waals surface area (Å²) >= 11 is 0. The summed E-state index contributed by atoms with van der Waals surface area (Å²) in [5.41, 5.74) is 2.63. The minimum Gasteiger partial charge on any atom is -0.494 e. The molecule has 2 aromatic heterocycles. The first kappa shape index (κ1) is 21.4. The van der Waals surface area contributed by atoms with E-state index in [0.29, 0.717) is 30.5 Å². The van der Waals surface area contributed by atoms with Gasteiger partial charge >= 0.3 is 0 Å². The lowest BCUT2D eigenvalue weighted by molar-refractivity contribution is -0.117. The number of carbonyl (C=O) groups excluding carboxylic acids is 1. The maximum Gasteiger partial charge on any atom is 0.256 e. The molecule has 0 bridgehead atoms. The number of aromatic amines is 1. The highest BCUT2D eigenvalue weighted by atomic mass is 16.5. The molecule has 1 atom stereocenters. The topological polar surface area (TPSA) is 97.7 Å². The lowest BCUT2D eigenvalue weighted by Gasteiger charge is -2.37. The van der Waals surface area contributed by atoms with Crippen molar-refractivity contribution in [2.45, 2.75) is 64.0 Å². The van der Waals surface area contributed by atoms with Crippen LogP contribution in [0.4, 0.5) is 0 Å². The van der Waals surface area contributed by atoms with Crippen molar-refractivity contribution in [3.8, 4) is 5.75 Å². The van der Waals surface area contributed by atoms with Crippen molar-refractivity contribution in [1.82, 2.24) is 30.3 Å². The number of benzene rings is 1. The van der Waals surface area contributed by atoms with Gasteiger partial charge < -0.3 is 10.1 Å². The molecule has 172 valence electrons. The van der Waals surface area contributed by atoms with Crippen molar-refractivity contribution in [2.75, 3.05) is 6.61 Å². The number of hydrogen-bond acceptors (Lipinski definition) is 5. The number of nitrogens with one attached hydrogen (secondary N) is 2. The van der Waals surface area contributed by atoms with Crippen LogP contribution in [0.5, 0.6) is 5.75 Å². The molecule has 33 heavy (non-hydrogen) atoms. The standard InChI is InChI=1S/C25H30N6O2/c1-3-4-14-33-19-10-8-17(9-11-19)25(2)15-20(21-12-13-31(30-21)18-6-5-7-18)22(24(32)28-25)23-26-16-27-29-23/h8-13,16,18H,3-7,14-15H2,1-2H3,(H,28,32)(H,26,27,29)/t25-/m0/s1. The number of ether oxygens (including phenoxy) is 1. The molecule has 1 aliphatic carbocycles. The average Bonchev–Trinajstić information content (AvgIpc) is 3.45. The van der Waals surface area contributed by atoms with Crippen molar-refractivity contribution in [3.05, 3.63) is 59.9 Å². The van der Waals surface area contributed by atoms with Crippen LogP contribution < -0.4 is 10.1 Å². The predicted octanol–water partition coefficient (Wildman–Crippen LogP) is 4.25. The maximum absolute atomic E-state index is 13.4. The van der Waals surface area contributed by atoms with E-state index in [4.69, 9.17) is 9.84 Å². The summed E-state index contributed by atoms with van der Waals surface area (Å²) in [5, 5.41) is 14.9. The fourth-order valence-corrected chi connectivity index (χ4v) is 4.51. The Hall–Kier alpha value is -3.42. The lowest BCUT2D eigenvalue weighted by atomic mass is 9.79. The summed E-state index contributed by atoms with van der Waals surface area (Å²) in [6.07, 6.45) is 9.71. The minimum absolute atomic E-state index is 0.183. The molecule has 3 aromatic rings. The van der Waals surface area contributed by atoms with Gasteiger partial charge in [-0.25, -0.2) is 4.98 Å². The zero-order valence-corrected chi connectivity index (χ0v) is 19.2. The Balaban J connectivity index is 1.48. The minimum atomic E-state index is -0.585. The zero-order valence-electron chi connectivity index (χ0n) is 19.2. The van der Waals surface area contributed by atoms with Crippen molar-refractivity contribution in [3.63, 3.8) is 0 Å². The molecule has 1 amide bonds. The summed E-state index contributed by atoms with van der Waals surface area (Å²) in [4.78, 5) is 17.7. The summed E-state index contributed by atoms with van der Waals surface area (Å²) in [6, 6.07) is 10.5. The second-order valence-corrected chi connectivity index (χ2v) is 9.14. The van der Waals surface area contributed by atoms with Crippen molar-refractivity contribution >= 4 is 17.1 Å². The number of nitrogens with zero attached hydrogens (tertiary/aromatic N) is 4. The Labute approximate surface area is 193 Å². The Morgan fingerprint density at radius 3 is 2.70 bits per heavy atom. The second-order valence-electron chi connectivity index (χ2n) is 9.14. The van der Waals surface area contributed by atoms with Gasteiger partial charge in [-0.3, -0.25) is 14.6 Å². The summed E-state index contributed by atoms with van der Waals surface area (Å²) < 4.78 is 7.85. The van der Waals surface area contributed by atoms with E-state index < -0.39 is 5.54 Å². The van der Waals surface area contributed by atoms with E-state index in [-0.39, 0.29) is 5.91 Å². The molecule has 1 aliphatic heterocycles. The van der Waals surface area contributed by atoms with Crippen LogP contribution in [0.1, 0.15) is 75.5 Å². The van der Waals surface area contributed by atoms with Crippen LogP contribution in [-0.4, -0.2) is 37.5 Å². The van der Waals surface area contributed by atoms with E-state index in [1.54, 1.807) is 0 Å². The van der Waals surface area contributed by atoms with Gasteiger partial charge in [0.05, 0.1) is 29.5 Å².